The SMILES string of the molecule is CCCC[C@@H](CO)NCC1=CCc2c1nc[nH]c2=O.CCC[C@@H](CO)NCC1=CCc2c1nc[nH]c2=O.CC[C@@H](CO)NCC1=CCc2c1nc[nH]c2=O.NCCCSCC(CO)CCc1c[nH]c2c(=O)[nH]cnc12.NCCCSC[C@@H](CO)CCc1c[nH]c2c(=O)[nH]cnc12.O=C=O.O=C=O.O=c1[nH]cnc2c1CC=C2CN[C@H](CO)CCc1ccccc1. The molecule has 125 heavy (non-hydrogen) atoms. The fourth-order valence-electron chi connectivity index (χ4n) is 13.8. The van der Waals surface area contributed by atoms with Gasteiger partial charge in [-0.15, -0.1) is 0 Å². The Labute approximate surface area is 731 Å². The van der Waals surface area contributed by atoms with Crippen LogP contribution in [0.2, 0.25) is 0 Å². The number of nitrogens with zero attached hydrogens (tertiary/aromatic N) is 6. The molecule has 678 valence electrons. The molecule has 4 aliphatic rings. The Balaban J connectivity index is 0.000000229. The highest BCUT2D eigenvalue weighted by atomic mass is 32.2. The van der Waals surface area contributed by atoms with Crippen LogP contribution in [0.3, 0.4) is 0 Å². The summed E-state index contributed by atoms with van der Waals surface area (Å²) in [4.78, 5) is 149. The number of carbonyl (C=O) groups excluding carboxylic acids is 4. The summed E-state index contributed by atoms with van der Waals surface area (Å²) in [5.41, 5.74) is 26.5. The fourth-order valence-corrected chi connectivity index (χ4v) is 16.1. The van der Waals surface area contributed by atoms with E-state index < -0.39 is 0 Å². The number of benzene rings is 1. The summed E-state index contributed by atoms with van der Waals surface area (Å²) < 4.78 is 0. The highest BCUT2D eigenvalue weighted by molar-refractivity contribution is 7.99. The summed E-state index contributed by atoms with van der Waals surface area (Å²) in [6, 6.07) is 10.6. The predicted octanol–water partition coefficient (Wildman–Crippen LogP) is 3.25. The molecule has 0 fully saturated rings. The first-order valence-corrected chi connectivity index (χ1v) is 44.5. The Morgan fingerprint density at radius 3 is 1.06 bits per heavy atom. The van der Waals surface area contributed by atoms with Crippen LogP contribution in [-0.2, 0) is 64.1 Å². The number of hydrogen-bond acceptors (Lipinski definition) is 30. The van der Waals surface area contributed by atoms with Crippen LogP contribution < -0.4 is 66.1 Å². The van der Waals surface area contributed by atoms with Crippen molar-refractivity contribution < 1.29 is 49.8 Å². The molecule has 8 heterocycles. The van der Waals surface area contributed by atoms with Crippen LogP contribution in [0.15, 0.2) is 134 Å². The van der Waals surface area contributed by atoms with Gasteiger partial charge in [-0.3, -0.25) is 28.8 Å². The van der Waals surface area contributed by atoms with Crippen molar-refractivity contribution in [2.24, 2.45) is 23.3 Å². The van der Waals surface area contributed by atoms with Crippen molar-refractivity contribution in [3.63, 3.8) is 0 Å². The molecule has 0 bridgehead atoms. The fraction of sp³-hybridized carbons (Fsp3) is 0.494. The third kappa shape index (κ3) is 34.1. The standard InChI is InChI=1S/C18H21N3O2.2C14H22N4O2S.C14H21N3O2.C13H19N3O2.C12H17N3O2.2CO2/c22-11-15(8-6-13-4-2-1-3-5-13)19-10-14-7-9-16-17(14)20-12-21-18(16)23;2*15-4-1-5-21-8-10(7-19)2-3-11-6-16-13-12(11)17-9-18-14(13)20;1-2-3-4-11(8-18)15-7-10-5-6-12-13(10)16-9-17-14(12)19;1-2-3-10(7-17)14-6-9-4-5-11-12(9)15-8-16-13(11)18;1-2-9(6-16)13-5-8-3-4-10-11(8)14-7-15-12(10)17;2*2-1-3/h1-5,7,12,15,19,22H,6,8-11H2,(H,20,21,23);2*6,9-10,16,19H,1-5,7-8,15H2,(H,17,18,20);5,9,11,15,18H,2-4,6-8H2,1H3,(H,16,17,19);4,8,10,14,17H,2-3,5-7H2,1H3,(H,15,16,18);3,7,9,13,16H,2,4-6H2,1H3,(H,14,15,17);;/t15-;10-;;11-;10-;9-;;/m01.000../s1. The largest absolute Gasteiger partial charge is 0.396 e. The number of nitrogens with two attached hydrogens (primary N) is 2. The predicted molar refractivity (Wildman–Crippen MR) is 484 cm³/mol. The zero-order valence-electron chi connectivity index (χ0n) is 71.2. The van der Waals surface area contributed by atoms with E-state index in [9.17, 15) is 54.3 Å². The van der Waals surface area contributed by atoms with E-state index in [1.54, 1.807) is 0 Å². The second kappa shape index (κ2) is 59.4. The second-order valence-electron chi connectivity index (χ2n) is 29.7. The number of rotatable bonds is 43. The topological polar surface area (TPSA) is 596 Å². The smallest absolute Gasteiger partial charge is 0.373 e. The van der Waals surface area contributed by atoms with Crippen LogP contribution in [0.1, 0.15) is 153 Å². The number of hydrogen-bond donors (Lipinski definition) is 20. The molecule has 6 atom stereocenters. The van der Waals surface area contributed by atoms with Crippen molar-refractivity contribution in [2.75, 3.05) is 102 Å². The molecule has 0 radical (unpaired) electrons. The highest BCUT2D eigenvalue weighted by Crippen LogP contribution is 2.27. The number of nitrogens with one attached hydrogen (secondary N) is 12. The number of aromatic nitrogens is 14. The van der Waals surface area contributed by atoms with Gasteiger partial charge in [0.15, 0.2) is 0 Å². The first-order chi connectivity index (χ1) is 60.9. The zero-order valence-corrected chi connectivity index (χ0v) is 72.9. The molecule has 0 saturated carbocycles. The maximum absolute atomic E-state index is 11.7. The van der Waals surface area contributed by atoms with Crippen LogP contribution in [0.4, 0.5) is 0 Å². The monoisotopic (exact) mass is 1770 g/mol. The number of allylic oxidation sites excluding steroid dienone is 4. The Kier molecular flexibility index (Phi) is 49.1. The third-order valence-corrected chi connectivity index (χ3v) is 23.6. The van der Waals surface area contributed by atoms with Crippen molar-refractivity contribution in [2.45, 2.75) is 161 Å². The number of aromatic amines is 8. The van der Waals surface area contributed by atoms with E-state index in [2.05, 4.69) is 117 Å². The number of aliphatic hydroxyl groups is 6. The van der Waals surface area contributed by atoms with Gasteiger partial charge < -0.3 is 103 Å². The molecule has 1 aromatic carbocycles. The summed E-state index contributed by atoms with van der Waals surface area (Å²) in [7, 11) is 0. The first-order valence-electron chi connectivity index (χ1n) is 42.2. The number of H-pyrrole nitrogens is 8. The molecule has 8 aromatic heterocycles. The van der Waals surface area contributed by atoms with Gasteiger partial charge in [-0.05, 0) is 183 Å². The van der Waals surface area contributed by atoms with Gasteiger partial charge in [0.25, 0.3) is 33.4 Å². The van der Waals surface area contributed by atoms with Gasteiger partial charge in [0, 0.05) is 98.2 Å². The van der Waals surface area contributed by atoms with Gasteiger partial charge in [-0.2, -0.15) is 42.7 Å². The van der Waals surface area contributed by atoms with E-state index in [-0.39, 0.29) is 121 Å². The van der Waals surface area contributed by atoms with Gasteiger partial charge in [0.1, 0.15) is 11.0 Å². The average Bonchev–Trinajstić information content (AvgIpc) is 1.72. The van der Waals surface area contributed by atoms with Gasteiger partial charge in [-0.25, -0.2) is 29.9 Å². The van der Waals surface area contributed by atoms with E-state index in [1.807, 2.05) is 85.3 Å². The Hall–Kier alpha value is -10.5. The molecule has 0 amide bonds. The van der Waals surface area contributed by atoms with Crippen LogP contribution in [0, 0.1) is 11.8 Å². The van der Waals surface area contributed by atoms with Crippen molar-refractivity contribution in [1.82, 2.24) is 91.0 Å². The summed E-state index contributed by atoms with van der Waals surface area (Å²) in [5, 5.41) is 69.3. The number of unbranched alkanes of at least 4 members (excludes halogenated alkanes) is 1. The van der Waals surface area contributed by atoms with Crippen molar-refractivity contribution in [1.29, 1.82) is 0 Å². The lowest BCUT2D eigenvalue weighted by atomic mass is 10.0. The molecule has 0 aliphatic heterocycles. The molecule has 9 aromatic rings. The normalized spacial score (nSPS) is 13.7. The van der Waals surface area contributed by atoms with Crippen LogP contribution in [0.5, 0.6) is 0 Å². The van der Waals surface area contributed by atoms with Crippen LogP contribution >= 0.6 is 23.5 Å². The van der Waals surface area contributed by atoms with Gasteiger partial charge in [-0.1, -0.05) is 94.7 Å². The molecule has 36 nitrogen and oxygen atoms in total. The maximum atomic E-state index is 11.7. The third-order valence-electron chi connectivity index (χ3n) is 21.0. The number of aliphatic hydroxyl groups excluding tert-OH is 6. The summed E-state index contributed by atoms with van der Waals surface area (Å²) in [5.74, 6) is 4.48. The Morgan fingerprint density at radius 2 is 0.736 bits per heavy atom. The zero-order chi connectivity index (χ0) is 90.5. The maximum Gasteiger partial charge on any atom is 0.373 e. The summed E-state index contributed by atoms with van der Waals surface area (Å²) >= 11 is 3.67. The van der Waals surface area contributed by atoms with Crippen molar-refractivity contribution in [3.8, 4) is 0 Å². The highest BCUT2D eigenvalue weighted by Gasteiger charge is 2.24. The molecule has 0 saturated heterocycles. The lowest BCUT2D eigenvalue weighted by Crippen LogP contribution is -2.34. The van der Waals surface area contributed by atoms with E-state index >= 15 is 0 Å². The lowest BCUT2D eigenvalue weighted by Gasteiger charge is -2.17. The van der Waals surface area contributed by atoms with E-state index in [0.717, 1.165) is 202 Å². The molecular formula is C87H122N20O16S2. The molecule has 1 unspecified atom stereocenters. The quantitative estimate of drug-likeness (QED) is 0.0244. The van der Waals surface area contributed by atoms with Gasteiger partial charge >= 0.3 is 12.3 Å². The molecule has 38 heteroatoms. The number of thioether (sulfide) groups is 2. The average molecular weight is 1770 g/mol. The molecule has 0 spiro atoms. The van der Waals surface area contributed by atoms with Crippen molar-refractivity contribution in [3.05, 3.63) is 229 Å². The number of aryl methyl sites for hydroxylation is 3. The van der Waals surface area contributed by atoms with Crippen LogP contribution in [0.25, 0.3) is 44.4 Å². The molecule has 13 rings (SSSR count). The molecular weight excluding hydrogens is 1650 g/mol. The first kappa shape index (κ1) is 103. The second-order valence-corrected chi connectivity index (χ2v) is 32.0. The minimum Gasteiger partial charge on any atom is -0.396 e. The minimum absolute atomic E-state index is 0.0298. The molecule has 22 N–H and O–H groups in total. The van der Waals surface area contributed by atoms with E-state index in [0.29, 0.717) is 76.0 Å². The summed E-state index contributed by atoms with van der Waals surface area (Å²) in [6.07, 6.45) is 36.7. The van der Waals surface area contributed by atoms with Crippen LogP contribution in [-0.4, -0.2) is 239 Å². The minimum atomic E-state index is -0.151. The lowest BCUT2D eigenvalue weighted by molar-refractivity contribution is -0.193. The van der Waals surface area contributed by atoms with E-state index in [1.165, 1.54) is 43.5 Å². The Bertz CT molecular complexity index is 5140. The number of fused-ring (bicyclic) bond motifs is 6. The van der Waals surface area contributed by atoms with E-state index in [4.69, 9.17) is 35.8 Å². The van der Waals surface area contributed by atoms with Gasteiger partial charge in [0.2, 0.25) is 0 Å². The Morgan fingerprint density at radius 1 is 0.400 bits per heavy atom. The van der Waals surface area contributed by atoms with Crippen molar-refractivity contribution >= 4 is 80.2 Å². The van der Waals surface area contributed by atoms with Gasteiger partial charge in [0.05, 0.1) is 98.2 Å². The summed E-state index contributed by atoms with van der Waals surface area (Å²) in [6.45, 7) is 11.1. The molecule has 4 aliphatic carbocycles.